The van der Waals surface area contributed by atoms with Gasteiger partial charge in [0.2, 0.25) is 6.79 Å². The summed E-state index contributed by atoms with van der Waals surface area (Å²) in [4.78, 5) is 0. The van der Waals surface area contributed by atoms with Gasteiger partial charge in [0.05, 0.1) is 5.60 Å². The molecule has 4 heteroatoms. The Bertz CT molecular complexity index is 413. The maximum Gasteiger partial charge on any atom is 0.231 e. The first-order chi connectivity index (χ1) is 7.16. The van der Waals surface area contributed by atoms with Gasteiger partial charge in [0.15, 0.2) is 11.5 Å². The minimum absolute atomic E-state index is 0.141. The van der Waals surface area contributed by atoms with Crippen molar-refractivity contribution in [2.75, 3.05) is 6.79 Å². The van der Waals surface area contributed by atoms with E-state index in [9.17, 15) is 9.50 Å². The van der Waals surface area contributed by atoms with Crippen molar-refractivity contribution in [3.8, 4) is 11.5 Å². The first kappa shape index (κ1) is 8.97. The molecule has 80 valence electrons. The highest BCUT2D eigenvalue weighted by molar-refractivity contribution is 5.45. The number of aliphatic hydroxyl groups is 1. The van der Waals surface area contributed by atoms with Gasteiger partial charge in [-0.05, 0) is 24.5 Å². The summed E-state index contributed by atoms with van der Waals surface area (Å²) in [5.41, 5.74) is -0.187. The fraction of sp³-hybridized carbons (Fsp3) is 0.455. The lowest BCUT2D eigenvalue weighted by Crippen LogP contribution is -2.11. The van der Waals surface area contributed by atoms with E-state index in [-0.39, 0.29) is 12.6 Å². The third kappa shape index (κ3) is 1.55. The lowest BCUT2D eigenvalue weighted by Gasteiger charge is -2.09. The normalized spacial score (nSPS) is 20.4. The van der Waals surface area contributed by atoms with Crippen LogP contribution in [0.2, 0.25) is 0 Å². The summed E-state index contributed by atoms with van der Waals surface area (Å²) in [5, 5.41) is 9.72. The zero-order valence-electron chi connectivity index (χ0n) is 8.12. The van der Waals surface area contributed by atoms with E-state index in [0.717, 1.165) is 12.8 Å². The summed E-state index contributed by atoms with van der Waals surface area (Å²) in [6.45, 7) is 0.141. The Kier molecular flexibility index (Phi) is 1.71. The molecule has 0 atom stereocenters. The molecule has 0 aromatic heterocycles. The molecule has 0 unspecified atom stereocenters. The molecule has 1 aliphatic heterocycles. The molecule has 1 aliphatic carbocycles. The number of hydrogen-bond donors (Lipinski definition) is 1. The minimum Gasteiger partial charge on any atom is -0.454 e. The van der Waals surface area contributed by atoms with E-state index >= 15 is 0 Å². The van der Waals surface area contributed by atoms with Crippen LogP contribution >= 0.6 is 0 Å². The first-order valence-corrected chi connectivity index (χ1v) is 4.97. The van der Waals surface area contributed by atoms with Crippen molar-refractivity contribution in [1.29, 1.82) is 0 Å². The third-order valence-corrected chi connectivity index (χ3v) is 2.89. The van der Waals surface area contributed by atoms with E-state index in [2.05, 4.69) is 0 Å². The summed E-state index contributed by atoms with van der Waals surface area (Å²) in [5.74, 6) is 0.675. The molecule has 15 heavy (non-hydrogen) atoms. The highest BCUT2D eigenvalue weighted by atomic mass is 19.1. The second-order valence-electron chi connectivity index (χ2n) is 4.20. The molecule has 1 saturated carbocycles. The molecule has 0 saturated heterocycles. The number of fused-ring (bicyclic) bond motifs is 1. The maximum atomic E-state index is 13.6. The Morgan fingerprint density at radius 1 is 1.27 bits per heavy atom. The molecular weight excluding hydrogens is 199 g/mol. The van der Waals surface area contributed by atoms with E-state index in [1.165, 1.54) is 6.07 Å². The summed E-state index contributed by atoms with van der Waals surface area (Å²) in [6.07, 6.45) is 1.86. The van der Waals surface area contributed by atoms with Crippen LogP contribution in [0.15, 0.2) is 12.1 Å². The summed E-state index contributed by atoms with van der Waals surface area (Å²) in [7, 11) is 0. The Morgan fingerprint density at radius 3 is 2.60 bits per heavy atom. The third-order valence-electron chi connectivity index (χ3n) is 2.89. The van der Waals surface area contributed by atoms with Crippen molar-refractivity contribution < 1.29 is 19.0 Å². The molecule has 3 rings (SSSR count). The lowest BCUT2D eigenvalue weighted by atomic mass is 10.1. The van der Waals surface area contributed by atoms with Crippen LogP contribution in [0.4, 0.5) is 4.39 Å². The van der Waals surface area contributed by atoms with Crippen LogP contribution in [0.5, 0.6) is 11.5 Å². The van der Waals surface area contributed by atoms with Crippen LogP contribution in [-0.4, -0.2) is 17.5 Å². The summed E-state index contributed by atoms with van der Waals surface area (Å²) >= 11 is 0. The largest absolute Gasteiger partial charge is 0.454 e. The number of rotatable bonds is 2. The molecule has 1 fully saturated rings. The average Bonchev–Trinajstić information content (AvgIpc) is 2.74. The maximum absolute atomic E-state index is 13.6. The van der Waals surface area contributed by atoms with Gasteiger partial charge >= 0.3 is 0 Å². The number of halogens is 1. The first-order valence-electron chi connectivity index (χ1n) is 4.97. The van der Waals surface area contributed by atoms with Crippen LogP contribution in [0.1, 0.15) is 18.4 Å². The Morgan fingerprint density at radius 2 is 1.93 bits per heavy atom. The van der Waals surface area contributed by atoms with E-state index in [1.807, 2.05) is 0 Å². The summed E-state index contributed by atoms with van der Waals surface area (Å²) < 4.78 is 23.8. The molecule has 0 spiro atoms. The van der Waals surface area contributed by atoms with Gasteiger partial charge in [-0.2, -0.15) is 0 Å². The van der Waals surface area contributed by atoms with Gasteiger partial charge in [-0.3, -0.25) is 0 Å². The van der Waals surface area contributed by atoms with Crippen LogP contribution in [0, 0.1) is 5.82 Å². The number of benzene rings is 1. The van der Waals surface area contributed by atoms with Crippen molar-refractivity contribution in [1.82, 2.24) is 0 Å². The molecule has 0 radical (unpaired) electrons. The zero-order chi connectivity index (χ0) is 10.5. The standard InChI is InChI=1S/C11H11FO3/c12-8-4-10-9(14-6-15-10)3-7(8)5-11(13)1-2-11/h3-4,13H,1-2,5-6H2. The van der Waals surface area contributed by atoms with E-state index < -0.39 is 5.60 Å². The molecule has 1 N–H and O–H groups in total. The lowest BCUT2D eigenvalue weighted by molar-refractivity contribution is 0.149. The van der Waals surface area contributed by atoms with Gasteiger partial charge in [-0.25, -0.2) is 4.39 Å². The molecule has 1 aromatic carbocycles. The predicted molar refractivity (Wildman–Crippen MR) is 50.4 cm³/mol. The fourth-order valence-corrected chi connectivity index (χ4v) is 1.77. The summed E-state index contributed by atoms with van der Waals surface area (Å²) in [6, 6.07) is 2.94. The Labute approximate surface area is 86.4 Å². The molecule has 0 amide bonds. The van der Waals surface area contributed by atoms with Crippen molar-refractivity contribution >= 4 is 0 Å². The van der Waals surface area contributed by atoms with Gasteiger partial charge < -0.3 is 14.6 Å². The number of hydrogen-bond acceptors (Lipinski definition) is 3. The minimum atomic E-state index is -0.686. The van der Waals surface area contributed by atoms with Crippen LogP contribution in [0.25, 0.3) is 0 Å². The molecule has 0 bridgehead atoms. The monoisotopic (exact) mass is 210 g/mol. The van der Waals surface area contributed by atoms with Crippen LogP contribution in [0.3, 0.4) is 0 Å². The van der Waals surface area contributed by atoms with E-state index in [4.69, 9.17) is 9.47 Å². The van der Waals surface area contributed by atoms with Crippen molar-refractivity contribution in [3.05, 3.63) is 23.5 Å². The SMILES string of the molecule is OC1(Cc2cc3c(cc2F)OCO3)CC1. The van der Waals surface area contributed by atoms with Gasteiger partial charge in [0, 0.05) is 12.5 Å². The Balaban J connectivity index is 1.94. The second kappa shape index (κ2) is 2.85. The van der Waals surface area contributed by atoms with Gasteiger partial charge in [-0.15, -0.1) is 0 Å². The molecule has 3 nitrogen and oxygen atoms in total. The second-order valence-corrected chi connectivity index (χ2v) is 4.20. The van der Waals surface area contributed by atoms with Gasteiger partial charge in [0.1, 0.15) is 5.82 Å². The van der Waals surface area contributed by atoms with Gasteiger partial charge in [0.25, 0.3) is 0 Å². The molecule has 2 aliphatic rings. The highest BCUT2D eigenvalue weighted by Crippen LogP contribution is 2.41. The average molecular weight is 210 g/mol. The van der Waals surface area contributed by atoms with Crippen LogP contribution in [-0.2, 0) is 6.42 Å². The van der Waals surface area contributed by atoms with E-state index in [1.54, 1.807) is 6.07 Å². The van der Waals surface area contributed by atoms with Crippen molar-refractivity contribution in [2.45, 2.75) is 24.9 Å². The fourth-order valence-electron chi connectivity index (χ4n) is 1.77. The number of ether oxygens (including phenoxy) is 2. The highest BCUT2D eigenvalue weighted by Gasteiger charge is 2.41. The van der Waals surface area contributed by atoms with E-state index in [0.29, 0.717) is 23.5 Å². The van der Waals surface area contributed by atoms with Gasteiger partial charge in [-0.1, -0.05) is 0 Å². The van der Waals surface area contributed by atoms with Crippen molar-refractivity contribution in [2.24, 2.45) is 0 Å². The van der Waals surface area contributed by atoms with Crippen molar-refractivity contribution in [3.63, 3.8) is 0 Å². The smallest absolute Gasteiger partial charge is 0.231 e. The van der Waals surface area contributed by atoms with Crippen LogP contribution < -0.4 is 9.47 Å². The zero-order valence-corrected chi connectivity index (χ0v) is 8.12. The molecule has 1 heterocycles. The predicted octanol–water partition coefficient (Wildman–Crippen LogP) is 1.62. The topological polar surface area (TPSA) is 38.7 Å². The Hall–Kier alpha value is -1.29. The quantitative estimate of drug-likeness (QED) is 0.806. The molecular formula is C11H11FO3. The molecule has 1 aromatic rings.